The lowest BCUT2D eigenvalue weighted by Crippen LogP contribution is -2.43. The van der Waals surface area contributed by atoms with Crippen LogP contribution in [0.15, 0.2) is 188 Å². The summed E-state index contributed by atoms with van der Waals surface area (Å²) < 4.78 is 0. The number of rotatable bonds is 7. The molecule has 7 aliphatic carbocycles. The minimum Gasteiger partial charge on any atom is -0.310 e. The van der Waals surface area contributed by atoms with Gasteiger partial charge in [-0.15, -0.1) is 0 Å². The first-order chi connectivity index (χ1) is 32.7. The van der Waals surface area contributed by atoms with E-state index in [0.29, 0.717) is 11.8 Å². The number of fused-ring (bicyclic) bond motifs is 10. The topological polar surface area (TPSA) is 3.24 Å². The van der Waals surface area contributed by atoms with E-state index in [2.05, 4.69) is 193 Å². The summed E-state index contributed by atoms with van der Waals surface area (Å²) in [6.07, 6.45) is 14.0. The van der Waals surface area contributed by atoms with Crippen molar-refractivity contribution >= 4 is 17.1 Å². The third kappa shape index (κ3) is 5.91. The van der Waals surface area contributed by atoms with Crippen LogP contribution in [0.25, 0.3) is 44.5 Å². The molecule has 0 unspecified atom stereocenters. The van der Waals surface area contributed by atoms with Gasteiger partial charge in [0, 0.05) is 17.1 Å². The van der Waals surface area contributed by atoms with Crippen molar-refractivity contribution in [2.75, 3.05) is 4.90 Å². The van der Waals surface area contributed by atoms with Gasteiger partial charge in [0.15, 0.2) is 0 Å². The van der Waals surface area contributed by atoms with E-state index in [1.807, 2.05) is 0 Å². The largest absolute Gasteiger partial charge is 0.310 e. The normalized spacial score (nSPS) is 22.8. The average molecular weight is 852 g/mol. The minimum atomic E-state index is -0.397. The van der Waals surface area contributed by atoms with Crippen molar-refractivity contribution < 1.29 is 0 Å². The monoisotopic (exact) mass is 851 g/mol. The van der Waals surface area contributed by atoms with Crippen LogP contribution in [-0.4, -0.2) is 0 Å². The summed E-state index contributed by atoms with van der Waals surface area (Å²) in [5.41, 5.74) is 22.2. The van der Waals surface area contributed by atoms with Crippen molar-refractivity contribution in [2.45, 2.75) is 81.5 Å². The van der Waals surface area contributed by atoms with E-state index in [-0.39, 0.29) is 0 Å². The van der Waals surface area contributed by atoms with Gasteiger partial charge in [-0.3, -0.25) is 0 Å². The average Bonchev–Trinajstić information content (AvgIpc) is 3.84. The lowest BCUT2D eigenvalue weighted by atomic mass is 9.51. The van der Waals surface area contributed by atoms with E-state index in [0.717, 1.165) is 23.7 Å². The first-order valence-electron chi connectivity index (χ1n) is 25.3. The second-order valence-electron chi connectivity index (χ2n) is 21.0. The van der Waals surface area contributed by atoms with Gasteiger partial charge in [-0.05, 0) is 195 Å². The van der Waals surface area contributed by atoms with Gasteiger partial charge in [0.25, 0.3) is 0 Å². The van der Waals surface area contributed by atoms with E-state index >= 15 is 0 Å². The van der Waals surface area contributed by atoms with Gasteiger partial charge in [0.2, 0.25) is 0 Å². The number of anilines is 3. The summed E-state index contributed by atoms with van der Waals surface area (Å²) in [5.74, 6) is 5.11. The quantitative estimate of drug-likeness (QED) is 0.154. The summed E-state index contributed by atoms with van der Waals surface area (Å²) in [6, 6.07) is 72.7. The fourth-order valence-corrected chi connectivity index (χ4v) is 15.1. The Morgan fingerprint density at radius 1 is 0.348 bits per heavy atom. The molecule has 8 aromatic carbocycles. The molecule has 322 valence electrons. The van der Waals surface area contributed by atoms with Crippen molar-refractivity contribution in [1.82, 2.24) is 0 Å². The molecular weight excluding hydrogens is 795 g/mol. The van der Waals surface area contributed by atoms with E-state index in [1.54, 1.807) is 5.56 Å². The van der Waals surface area contributed by atoms with Crippen molar-refractivity contribution in [3.63, 3.8) is 0 Å². The second-order valence-corrected chi connectivity index (χ2v) is 21.0. The minimum absolute atomic E-state index is 0.397. The molecule has 7 aliphatic rings. The van der Waals surface area contributed by atoms with Gasteiger partial charge in [0.1, 0.15) is 0 Å². The third-order valence-corrected chi connectivity index (χ3v) is 17.7. The maximum atomic E-state index is 2.54. The van der Waals surface area contributed by atoms with Crippen molar-refractivity contribution in [2.24, 2.45) is 23.7 Å². The highest BCUT2D eigenvalue weighted by Gasteiger charge is 2.52. The Kier molecular flexibility index (Phi) is 9.00. The lowest BCUT2D eigenvalue weighted by Gasteiger charge is -2.54. The molecule has 4 bridgehead atoms. The molecule has 5 saturated carbocycles. The zero-order valence-corrected chi connectivity index (χ0v) is 37.9. The molecule has 0 atom stereocenters. The standard InChI is InChI=1S/C65H57N/c1-2-12-44(13-3-1)45-22-24-46(25-23-45)54-14-4-5-15-55(54)47-26-30-51(31-27-47)66(52-32-28-48(29-33-52)64-49-37-42-36-43(39-49)40-50(64)38-42)53-34-35-59-58-18-8-11-21-62(58)65(63(59)41-53)60-19-9-6-16-56(60)57-17-7-10-20-61(57)65/h4-11,14-35,41-44,49-50,64H,1-3,12-13,36-40H2. The Labute approximate surface area is 391 Å². The van der Waals surface area contributed by atoms with Crippen LogP contribution in [-0.2, 0) is 5.41 Å². The molecule has 1 nitrogen and oxygen atoms in total. The highest BCUT2D eigenvalue weighted by molar-refractivity contribution is 5.96. The zero-order chi connectivity index (χ0) is 43.3. The molecule has 0 saturated heterocycles. The predicted molar refractivity (Wildman–Crippen MR) is 274 cm³/mol. The van der Waals surface area contributed by atoms with Crippen LogP contribution in [0.2, 0.25) is 0 Å². The van der Waals surface area contributed by atoms with Crippen LogP contribution >= 0.6 is 0 Å². The molecule has 5 fully saturated rings. The Morgan fingerprint density at radius 3 is 1.30 bits per heavy atom. The Morgan fingerprint density at radius 2 is 0.773 bits per heavy atom. The van der Waals surface area contributed by atoms with Gasteiger partial charge in [0.05, 0.1) is 5.41 Å². The van der Waals surface area contributed by atoms with Gasteiger partial charge in [-0.1, -0.05) is 171 Å². The van der Waals surface area contributed by atoms with E-state index < -0.39 is 5.41 Å². The first-order valence-corrected chi connectivity index (χ1v) is 25.3. The molecule has 15 rings (SSSR count). The second kappa shape index (κ2) is 15.3. The van der Waals surface area contributed by atoms with E-state index in [9.17, 15) is 0 Å². The lowest BCUT2D eigenvalue weighted by molar-refractivity contribution is -0.00277. The molecule has 1 heteroatoms. The van der Waals surface area contributed by atoms with Crippen LogP contribution < -0.4 is 4.90 Å². The SMILES string of the molecule is c1ccc(-c2ccc(N(c3ccc(C4C5CC6CC(C5)CC4C6)cc3)c3ccc4c(c3)C3(c5ccccc5-c5ccccc53)c3ccccc3-4)cc2)c(-c2ccc(C3CCCCC3)cc2)c1. The molecule has 0 heterocycles. The van der Waals surface area contributed by atoms with Gasteiger partial charge in [-0.2, -0.15) is 0 Å². The fourth-order valence-electron chi connectivity index (χ4n) is 15.1. The smallest absolute Gasteiger partial charge is 0.0726 e. The summed E-state index contributed by atoms with van der Waals surface area (Å²) >= 11 is 0. The van der Waals surface area contributed by atoms with Crippen molar-refractivity contribution in [3.8, 4) is 44.5 Å². The maximum Gasteiger partial charge on any atom is 0.0726 e. The molecule has 1 spiro atoms. The van der Waals surface area contributed by atoms with Crippen LogP contribution in [0.4, 0.5) is 17.1 Å². The Hall–Kier alpha value is -6.44. The van der Waals surface area contributed by atoms with Gasteiger partial charge < -0.3 is 4.90 Å². The molecule has 0 aliphatic heterocycles. The third-order valence-electron chi connectivity index (χ3n) is 17.7. The molecule has 8 aromatic rings. The molecule has 0 aromatic heterocycles. The van der Waals surface area contributed by atoms with Crippen LogP contribution in [0.1, 0.15) is 109 Å². The number of nitrogens with zero attached hydrogens (tertiary/aromatic N) is 1. The number of benzene rings is 8. The molecule has 0 N–H and O–H groups in total. The highest BCUT2D eigenvalue weighted by atomic mass is 15.1. The summed E-state index contributed by atoms with van der Waals surface area (Å²) in [4.78, 5) is 2.53. The van der Waals surface area contributed by atoms with Gasteiger partial charge >= 0.3 is 0 Å². The highest BCUT2D eigenvalue weighted by Crippen LogP contribution is 2.64. The summed E-state index contributed by atoms with van der Waals surface area (Å²) in [7, 11) is 0. The van der Waals surface area contributed by atoms with E-state index in [1.165, 1.54) is 154 Å². The van der Waals surface area contributed by atoms with Crippen LogP contribution in [0.5, 0.6) is 0 Å². The molecule has 0 amide bonds. The van der Waals surface area contributed by atoms with Crippen molar-refractivity contribution in [3.05, 3.63) is 221 Å². The number of hydrogen-bond donors (Lipinski definition) is 0. The fraction of sp³-hybridized carbons (Fsp3) is 0.262. The first kappa shape index (κ1) is 38.8. The predicted octanol–water partition coefficient (Wildman–Crippen LogP) is 17.4. The van der Waals surface area contributed by atoms with Crippen LogP contribution in [0.3, 0.4) is 0 Å². The molecule has 66 heavy (non-hydrogen) atoms. The Bertz CT molecular complexity index is 3040. The van der Waals surface area contributed by atoms with Gasteiger partial charge in [-0.25, -0.2) is 0 Å². The molecular formula is C65H57N. The maximum absolute atomic E-state index is 2.54. The van der Waals surface area contributed by atoms with E-state index in [4.69, 9.17) is 0 Å². The van der Waals surface area contributed by atoms with Crippen LogP contribution in [0, 0.1) is 23.7 Å². The zero-order valence-electron chi connectivity index (χ0n) is 37.9. The molecule has 0 radical (unpaired) electrons. The Balaban J connectivity index is 0.886. The van der Waals surface area contributed by atoms with Crippen molar-refractivity contribution in [1.29, 1.82) is 0 Å². The number of hydrogen-bond acceptors (Lipinski definition) is 1. The summed E-state index contributed by atoms with van der Waals surface area (Å²) in [6.45, 7) is 0. The summed E-state index contributed by atoms with van der Waals surface area (Å²) in [5, 5.41) is 0.